The fourth-order valence-electron chi connectivity index (χ4n) is 3.25. The quantitative estimate of drug-likeness (QED) is 0.310. The van der Waals surface area contributed by atoms with Gasteiger partial charge in [0.1, 0.15) is 36.3 Å². The van der Waals surface area contributed by atoms with E-state index in [1.54, 1.807) is 30.1 Å². The predicted octanol–water partition coefficient (Wildman–Crippen LogP) is 6.11. The molecule has 32 heavy (non-hydrogen) atoms. The second-order valence-corrected chi connectivity index (χ2v) is 8.88. The number of nitrogens with zero attached hydrogens (tertiary/aromatic N) is 2. The Morgan fingerprint density at radius 1 is 1.03 bits per heavy atom. The fraction of sp³-hybridized carbons (Fsp3) is 0.360. The van der Waals surface area contributed by atoms with Crippen molar-refractivity contribution in [2.45, 2.75) is 38.5 Å². The highest BCUT2D eigenvalue weighted by molar-refractivity contribution is 7.98. The van der Waals surface area contributed by atoms with Gasteiger partial charge in [-0.3, -0.25) is 0 Å². The number of nitrogens with two attached hydrogens (primary N) is 1. The van der Waals surface area contributed by atoms with Gasteiger partial charge in [0.2, 0.25) is 0 Å². The largest absolute Gasteiger partial charge is 0.490 e. The molecule has 0 fully saturated rings. The minimum atomic E-state index is -0.255. The number of halogens is 1. The van der Waals surface area contributed by atoms with Gasteiger partial charge in [0.05, 0.1) is 17.6 Å². The zero-order chi connectivity index (χ0) is 23.3. The summed E-state index contributed by atoms with van der Waals surface area (Å²) < 4.78 is 25.8. The molecule has 0 saturated heterocycles. The van der Waals surface area contributed by atoms with Crippen LogP contribution in [-0.2, 0) is 0 Å². The van der Waals surface area contributed by atoms with Gasteiger partial charge in [-0.15, -0.1) is 11.8 Å². The third-order valence-electron chi connectivity index (χ3n) is 5.51. The van der Waals surface area contributed by atoms with Gasteiger partial charge < -0.3 is 15.2 Å². The van der Waals surface area contributed by atoms with Crippen LogP contribution in [-0.4, -0.2) is 29.4 Å². The van der Waals surface area contributed by atoms with E-state index in [2.05, 4.69) is 30.7 Å². The first-order valence-electron chi connectivity index (χ1n) is 10.6. The Morgan fingerprint density at radius 3 is 2.38 bits per heavy atom. The highest BCUT2D eigenvalue weighted by atomic mass is 32.2. The zero-order valence-electron chi connectivity index (χ0n) is 19.2. The molecule has 0 aliphatic rings. The first-order valence-corrected chi connectivity index (χ1v) is 11.8. The molecule has 5 nitrogen and oxygen atoms in total. The van der Waals surface area contributed by atoms with Crippen LogP contribution in [0.1, 0.15) is 37.9 Å². The monoisotopic (exact) mass is 455 g/mol. The van der Waals surface area contributed by atoms with Crippen molar-refractivity contribution in [1.29, 1.82) is 0 Å². The summed E-state index contributed by atoms with van der Waals surface area (Å²) in [4.78, 5) is 9.90. The molecule has 0 radical (unpaired) electrons. The van der Waals surface area contributed by atoms with Gasteiger partial charge in [0.25, 0.3) is 0 Å². The van der Waals surface area contributed by atoms with Crippen molar-refractivity contribution in [3.63, 3.8) is 0 Å². The Morgan fingerprint density at radius 2 is 1.72 bits per heavy atom. The normalized spacial score (nSPS) is 12.1. The standard InChI is InChI=1S/C25H30FN3O2S/c1-15(2)16(3)20-12-18(26)6-8-23(20)30-10-11-31-24-9-7-19(32-5)13-21(24)22-14-28-25(27)17(4)29-22/h6-9,12-16H,10-11H2,1-5H3,(H2,27,28). The summed E-state index contributed by atoms with van der Waals surface area (Å²) in [6, 6.07) is 10.6. The lowest BCUT2D eigenvalue weighted by atomic mass is 9.89. The number of nitrogen functional groups attached to an aromatic ring is 1. The van der Waals surface area contributed by atoms with Crippen molar-refractivity contribution in [3.8, 4) is 22.8 Å². The van der Waals surface area contributed by atoms with Crippen LogP contribution in [0.2, 0.25) is 0 Å². The van der Waals surface area contributed by atoms with Crippen LogP contribution in [0.25, 0.3) is 11.3 Å². The number of ether oxygens (including phenoxy) is 2. The third kappa shape index (κ3) is 5.71. The van der Waals surface area contributed by atoms with E-state index >= 15 is 0 Å². The molecule has 0 bridgehead atoms. The lowest BCUT2D eigenvalue weighted by molar-refractivity contribution is 0.215. The molecule has 3 aromatic rings. The molecule has 2 N–H and O–H groups in total. The Kier molecular flexibility index (Phi) is 7.96. The predicted molar refractivity (Wildman–Crippen MR) is 129 cm³/mol. The van der Waals surface area contributed by atoms with Crippen LogP contribution in [0, 0.1) is 18.7 Å². The summed E-state index contributed by atoms with van der Waals surface area (Å²) in [7, 11) is 0. The van der Waals surface area contributed by atoms with Gasteiger partial charge >= 0.3 is 0 Å². The number of aryl methyl sites for hydroxylation is 1. The highest BCUT2D eigenvalue weighted by Crippen LogP contribution is 2.34. The maximum atomic E-state index is 13.8. The molecule has 0 amide bonds. The number of rotatable bonds is 9. The van der Waals surface area contributed by atoms with Crippen LogP contribution in [0.15, 0.2) is 47.5 Å². The molecule has 1 heterocycles. The van der Waals surface area contributed by atoms with Gasteiger partial charge in [0.15, 0.2) is 0 Å². The van der Waals surface area contributed by atoms with E-state index in [0.717, 1.165) is 16.0 Å². The molecule has 170 valence electrons. The van der Waals surface area contributed by atoms with E-state index in [1.807, 2.05) is 31.4 Å². The van der Waals surface area contributed by atoms with Gasteiger partial charge in [-0.2, -0.15) is 0 Å². The first-order chi connectivity index (χ1) is 15.3. The lowest BCUT2D eigenvalue weighted by Gasteiger charge is -2.20. The van der Waals surface area contributed by atoms with Gasteiger partial charge in [-0.25, -0.2) is 14.4 Å². The first kappa shape index (κ1) is 23.9. The van der Waals surface area contributed by atoms with E-state index in [-0.39, 0.29) is 11.7 Å². The van der Waals surface area contributed by atoms with E-state index < -0.39 is 0 Å². The Labute approximate surface area is 193 Å². The second-order valence-electron chi connectivity index (χ2n) is 8.00. The number of anilines is 1. The molecule has 7 heteroatoms. The van der Waals surface area contributed by atoms with Crippen molar-refractivity contribution in [2.24, 2.45) is 5.92 Å². The average molecular weight is 456 g/mol. The van der Waals surface area contributed by atoms with Gasteiger partial charge in [-0.05, 0) is 61.4 Å². The average Bonchev–Trinajstić information content (AvgIpc) is 2.78. The number of hydrogen-bond donors (Lipinski definition) is 1. The molecule has 0 aliphatic carbocycles. The molecule has 0 saturated carbocycles. The van der Waals surface area contributed by atoms with E-state index in [9.17, 15) is 4.39 Å². The van der Waals surface area contributed by atoms with Crippen LogP contribution >= 0.6 is 11.8 Å². The summed E-state index contributed by atoms with van der Waals surface area (Å²) >= 11 is 1.64. The van der Waals surface area contributed by atoms with Crippen molar-refractivity contribution in [3.05, 3.63) is 59.7 Å². The lowest BCUT2D eigenvalue weighted by Crippen LogP contribution is -2.12. The molecular weight excluding hydrogens is 425 g/mol. The molecule has 1 atom stereocenters. The smallest absolute Gasteiger partial charge is 0.144 e. The van der Waals surface area contributed by atoms with Crippen molar-refractivity contribution < 1.29 is 13.9 Å². The summed E-state index contributed by atoms with van der Waals surface area (Å²) in [5.41, 5.74) is 8.93. The SMILES string of the molecule is CSc1ccc(OCCOc2ccc(F)cc2C(C)C(C)C)c(-c2cnc(N)c(C)n2)c1. The van der Waals surface area contributed by atoms with Gasteiger partial charge in [0, 0.05) is 16.0 Å². The molecule has 0 spiro atoms. The number of hydrogen-bond acceptors (Lipinski definition) is 6. The van der Waals surface area contributed by atoms with Crippen LogP contribution in [0.4, 0.5) is 10.2 Å². The van der Waals surface area contributed by atoms with Crippen LogP contribution < -0.4 is 15.2 Å². The number of thioether (sulfide) groups is 1. The minimum absolute atomic E-state index is 0.180. The third-order valence-corrected chi connectivity index (χ3v) is 6.23. The number of aromatic nitrogens is 2. The molecule has 2 aromatic carbocycles. The van der Waals surface area contributed by atoms with Gasteiger partial charge in [-0.1, -0.05) is 20.8 Å². The van der Waals surface area contributed by atoms with E-state index in [4.69, 9.17) is 15.2 Å². The van der Waals surface area contributed by atoms with E-state index in [0.29, 0.717) is 47.8 Å². The molecule has 1 unspecified atom stereocenters. The summed E-state index contributed by atoms with van der Waals surface area (Å²) in [5, 5.41) is 0. The Balaban J connectivity index is 1.74. The van der Waals surface area contributed by atoms with Crippen LogP contribution in [0.5, 0.6) is 11.5 Å². The van der Waals surface area contributed by atoms with Crippen molar-refractivity contribution >= 4 is 17.6 Å². The highest BCUT2D eigenvalue weighted by Gasteiger charge is 2.17. The van der Waals surface area contributed by atoms with Crippen molar-refractivity contribution in [1.82, 2.24) is 9.97 Å². The molecule has 1 aromatic heterocycles. The zero-order valence-corrected chi connectivity index (χ0v) is 20.0. The fourth-order valence-corrected chi connectivity index (χ4v) is 3.69. The molecule has 3 rings (SSSR count). The summed E-state index contributed by atoms with van der Waals surface area (Å²) in [5.74, 6) is 2.09. The second kappa shape index (κ2) is 10.7. The molecule has 0 aliphatic heterocycles. The number of benzene rings is 2. The van der Waals surface area contributed by atoms with Crippen LogP contribution in [0.3, 0.4) is 0 Å². The maximum Gasteiger partial charge on any atom is 0.144 e. The summed E-state index contributed by atoms with van der Waals surface area (Å²) in [6.07, 6.45) is 3.68. The molecular formula is C25H30FN3O2S. The Bertz CT molecular complexity index is 1080. The van der Waals surface area contributed by atoms with E-state index in [1.165, 1.54) is 6.07 Å². The maximum absolute atomic E-state index is 13.8. The minimum Gasteiger partial charge on any atom is -0.490 e. The van der Waals surface area contributed by atoms with Crippen molar-refractivity contribution in [2.75, 3.05) is 25.2 Å². The summed E-state index contributed by atoms with van der Waals surface area (Å²) in [6.45, 7) is 8.81. The topological polar surface area (TPSA) is 70.3 Å². The Hall–Kier alpha value is -2.80.